The van der Waals surface area contributed by atoms with Crippen molar-refractivity contribution in [2.24, 2.45) is 0 Å². The fourth-order valence-electron chi connectivity index (χ4n) is 0.678. The van der Waals surface area contributed by atoms with Crippen LogP contribution in [-0.4, -0.2) is 26.2 Å². The van der Waals surface area contributed by atoms with Crippen LogP contribution in [0, 0.1) is 0 Å². The summed E-state index contributed by atoms with van der Waals surface area (Å²) in [5.74, 6) is 0. The summed E-state index contributed by atoms with van der Waals surface area (Å²) in [4.78, 5) is 0. The highest BCUT2D eigenvalue weighted by atomic mass is 14.9. The third-order valence-corrected chi connectivity index (χ3v) is 1.42. The van der Waals surface area contributed by atoms with E-state index in [2.05, 4.69) is 24.1 Å². The molecule has 0 saturated carbocycles. The van der Waals surface area contributed by atoms with Gasteiger partial charge in [-0.3, -0.25) is 0 Å². The summed E-state index contributed by atoms with van der Waals surface area (Å²) < 4.78 is 0. The van der Waals surface area contributed by atoms with Crippen molar-refractivity contribution in [1.29, 1.82) is 0 Å². The summed E-state index contributed by atoms with van der Waals surface area (Å²) in [6, 6.07) is 0.442. The van der Waals surface area contributed by atoms with Gasteiger partial charge in [0, 0.05) is 6.04 Å². The van der Waals surface area contributed by atoms with Gasteiger partial charge >= 0.3 is 0 Å². The predicted octanol–water partition coefficient (Wildman–Crippen LogP) is 0.760. The van der Waals surface area contributed by atoms with Crippen LogP contribution in [0.2, 0.25) is 0 Å². The lowest BCUT2D eigenvalue weighted by Gasteiger charge is -2.07. The molecule has 0 amide bonds. The highest BCUT2D eigenvalue weighted by molar-refractivity contribution is 4.80. The number of hydrogen-bond acceptors (Lipinski definition) is 2. The third-order valence-electron chi connectivity index (χ3n) is 1.42. The summed E-state index contributed by atoms with van der Waals surface area (Å²) in [5.41, 5.74) is 0. The molecular weight excluding hydrogens is 124 g/mol. The predicted molar refractivity (Wildman–Crippen MR) is 46.2 cm³/mol. The van der Waals surface area contributed by atoms with Gasteiger partial charge in [-0.15, -0.1) is 6.58 Å². The number of rotatable bonds is 6. The van der Waals surface area contributed by atoms with Gasteiger partial charge in [-0.2, -0.15) is 0 Å². The molecule has 0 aliphatic carbocycles. The van der Waals surface area contributed by atoms with Crippen molar-refractivity contribution in [2.45, 2.75) is 19.4 Å². The lowest BCUT2D eigenvalue weighted by molar-refractivity contribution is 0.591. The van der Waals surface area contributed by atoms with E-state index in [9.17, 15) is 0 Å². The minimum atomic E-state index is 0.442. The van der Waals surface area contributed by atoms with Crippen LogP contribution in [-0.2, 0) is 0 Å². The van der Waals surface area contributed by atoms with E-state index < -0.39 is 0 Å². The van der Waals surface area contributed by atoms with Gasteiger partial charge in [-0.1, -0.05) is 6.08 Å². The van der Waals surface area contributed by atoms with Gasteiger partial charge in [-0.25, -0.2) is 0 Å². The molecule has 10 heavy (non-hydrogen) atoms. The van der Waals surface area contributed by atoms with Crippen LogP contribution in [0.4, 0.5) is 0 Å². The van der Waals surface area contributed by atoms with Gasteiger partial charge in [0.2, 0.25) is 0 Å². The van der Waals surface area contributed by atoms with Crippen LogP contribution < -0.4 is 10.6 Å². The Bertz CT molecular complexity index is 81.3. The van der Waals surface area contributed by atoms with Gasteiger partial charge in [0.15, 0.2) is 0 Å². The van der Waals surface area contributed by atoms with Crippen molar-refractivity contribution in [3.8, 4) is 0 Å². The van der Waals surface area contributed by atoms with Crippen molar-refractivity contribution in [3.05, 3.63) is 12.7 Å². The van der Waals surface area contributed by atoms with E-state index in [-0.39, 0.29) is 0 Å². The molecule has 0 aromatic carbocycles. The van der Waals surface area contributed by atoms with E-state index in [1.807, 2.05) is 13.1 Å². The van der Waals surface area contributed by atoms with Crippen molar-refractivity contribution in [1.82, 2.24) is 10.6 Å². The summed E-state index contributed by atoms with van der Waals surface area (Å²) in [6.45, 7) is 7.93. The molecule has 0 aromatic rings. The average molecular weight is 142 g/mol. The van der Waals surface area contributed by atoms with Gasteiger partial charge in [0.05, 0.1) is 0 Å². The Morgan fingerprint density at radius 3 is 2.70 bits per heavy atom. The second-order valence-corrected chi connectivity index (χ2v) is 2.44. The maximum atomic E-state index is 3.68. The Balaban J connectivity index is 2.95. The largest absolute Gasteiger partial charge is 0.320 e. The zero-order valence-corrected chi connectivity index (χ0v) is 6.98. The molecule has 1 unspecified atom stereocenters. The zero-order chi connectivity index (χ0) is 7.82. The lowest BCUT2D eigenvalue weighted by atomic mass is 10.3. The molecule has 0 heterocycles. The lowest BCUT2D eigenvalue weighted by Crippen LogP contribution is -2.26. The highest BCUT2D eigenvalue weighted by Crippen LogP contribution is 1.81. The van der Waals surface area contributed by atoms with Crippen LogP contribution in [0.25, 0.3) is 0 Å². The maximum Gasteiger partial charge on any atom is 0.0219 e. The SMILES string of the molecule is C=CC(C)NCCCNC. The molecule has 0 saturated heterocycles. The fourth-order valence-corrected chi connectivity index (χ4v) is 0.678. The van der Waals surface area contributed by atoms with Crippen molar-refractivity contribution >= 4 is 0 Å². The van der Waals surface area contributed by atoms with E-state index in [4.69, 9.17) is 0 Å². The summed E-state index contributed by atoms with van der Waals surface area (Å²) in [5, 5.41) is 6.40. The molecule has 60 valence electrons. The number of nitrogens with one attached hydrogen (secondary N) is 2. The summed E-state index contributed by atoms with van der Waals surface area (Å²) >= 11 is 0. The standard InChI is InChI=1S/C8H18N2/c1-4-8(2)10-7-5-6-9-3/h4,8-10H,1,5-7H2,2-3H3. The molecule has 2 nitrogen and oxygen atoms in total. The van der Waals surface area contributed by atoms with Crippen LogP contribution in [0.1, 0.15) is 13.3 Å². The molecule has 0 spiro atoms. The Kier molecular flexibility index (Phi) is 6.55. The minimum absolute atomic E-state index is 0.442. The van der Waals surface area contributed by atoms with E-state index in [1.54, 1.807) is 0 Å². The molecule has 0 rings (SSSR count). The molecule has 0 radical (unpaired) electrons. The Morgan fingerprint density at radius 1 is 1.50 bits per heavy atom. The van der Waals surface area contributed by atoms with Gasteiger partial charge in [0.1, 0.15) is 0 Å². The second-order valence-electron chi connectivity index (χ2n) is 2.44. The van der Waals surface area contributed by atoms with Crippen LogP contribution in [0.3, 0.4) is 0 Å². The summed E-state index contributed by atoms with van der Waals surface area (Å²) in [6.07, 6.45) is 3.09. The first kappa shape index (κ1) is 9.66. The normalized spacial score (nSPS) is 13.0. The molecule has 1 atom stereocenters. The van der Waals surface area contributed by atoms with Gasteiger partial charge < -0.3 is 10.6 Å². The van der Waals surface area contributed by atoms with Gasteiger partial charge in [-0.05, 0) is 33.5 Å². The second kappa shape index (κ2) is 6.78. The fraction of sp³-hybridized carbons (Fsp3) is 0.750. The first-order chi connectivity index (χ1) is 4.81. The molecule has 0 bridgehead atoms. The van der Waals surface area contributed by atoms with E-state index in [0.717, 1.165) is 13.1 Å². The molecule has 2 N–H and O–H groups in total. The maximum absolute atomic E-state index is 3.68. The molecule has 0 aliphatic rings. The van der Waals surface area contributed by atoms with E-state index >= 15 is 0 Å². The zero-order valence-electron chi connectivity index (χ0n) is 6.98. The van der Waals surface area contributed by atoms with Crippen LogP contribution in [0.5, 0.6) is 0 Å². The third kappa shape index (κ3) is 5.79. The smallest absolute Gasteiger partial charge is 0.0219 e. The molecule has 0 aromatic heterocycles. The Hall–Kier alpha value is -0.340. The van der Waals surface area contributed by atoms with Crippen molar-refractivity contribution in [3.63, 3.8) is 0 Å². The monoisotopic (exact) mass is 142 g/mol. The first-order valence-corrected chi connectivity index (χ1v) is 3.81. The minimum Gasteiger partial charge on any atom is -0.320 e. The highest BCUT2D eigenvalue weighted by Gasteiger charge is 1.91. The van der Waals surface area contributed by atoms with Crippen LogP contribution in [0.15, 0.2) is 12.7 Å². The Labute approximate surface area is 63.7 Å². The summed E-state index contributed by atoms with van der Waals surface area (Å²) in [7, 11) is 1.97. The van der Waals surface area contributed by atoms with Gasteiger partial charge in [0.25, 0.3) is 0 Å². The molecule has 2 heteroatoms. The van der Waals surface area contributed by atoms with Crippen molar-refractivity contribution in [2.75, 3.05) is 20.1 Å². The molecule has 0 aliphatic heterocycles. The van der Waals surface area contributed by atoms with Crippen LogP contribution >= 0.6 is 0 Å². The first-order valence-electron chi connectivity index (χ1n) is 3.81. The topological polar surface area (TPSA) is 24.1 Å². The molecule has 0 fully saturated rings. The quantitative estimate of drug-likeness (QED) is 0.422. The molecular formula is C8H18N2. The average Bonchev–Trinajstić information content (AvgIpc) is 1.98. The van der Waals surface area contributed by atoms with E-state index in [0.29, 0.717) is 6.04 Å². The van der Waals surface area contributed by atoms with Crippen molar-refractivity contribution < 1.29 is 0 Å². The number of hydrogen-bond donors (Lipinski definition) is 2. The Morgan fingerprint density at radius 2 is 2.20 bits per heavy atom. The van der Waals surface area contributed by atoms with E-state index in [1.165, 1.54) is 6.42 Å².